The highest BCUT2D eigenvalue weighted by Crippen LogP contribution is 2.32. The molecule has 0 saturated heterocycles. The Hall–Kier alpha value is -1.98. The number of rotatable bonds is 4. The summed E-state index contributed by atoms with van der Waals surface area (Å²) < 4.78 is 4.72. The van der Waals surface area contributed by atoms with E-state index in [0.717, 1.165) is 10.6 Å². The third-order valence-electron chi connectivity index (χ3n) is 3.32. The predicted molar refractivity (Wildman–Crippen MR) is 93.6 cm³/mol. The number of benzene rings is 2. The first kappa shape index (κ1) is 14.9. The number of nitrogens with two attached hydrogens (primary N) is 1. The first-order valence-corrected chi connectivity index (χ1v) is 8.55. The van der Waals surface area contributed by atoms with Crippen molar-refractivity contribution in [3.63, 3.8) is 0 Å². The van der Waals surface area contributed by atoms with Crippen LogP contribution in [0.3, 0.4) is 0 Å². The lowest BCUT2D eigenvalue weighted by atomic mass is 10.1. The van der Waals surface area contributed by atoms with E-state index in [4.69, 9.17) is 10.5 Å². The summed E-state index contributed by atoms with van der Waals surface area (Å²) in [6.45, 7) is 0. The van der Waals surface area contributed by atoms with Gasteiger partial charge in [0.2, 0.25) is 0 Å². The molecule has 3 rings (SSSR count). The van der Waals surface area contributed by atoms with Crippen LogP contribution in [-0.4, -0.2) is 13.1 Å². The van der Waals surface area contributed by atoms with E-state index < -0.39 is 0 Å². The molecular formula is C17H15NO2S2. The van der Waals surface area contributed by atoms with Crippen LogP contribution in [0.5, 0.6) is 0 Å². The molecule has 0 aliphatic rings. The average molecular weight is 329 g/mol. The Morgan fingerprint density at radius 1 is 1.18 bits per heavy atom. The molecule has 2 aromatic carbocycles. The van der Waals surface area contributed by atoms with Crippen molar-refractivity contribution in [2.75, 3.05) is 12.8 Å². The van der Waals surface area contributed by atoms with Gasteiger partial charge in [0.05, 0.1) is 12.7 Å². The maximum atomic E-state index is 11.6. The molecule has 2 N–H and O–H groups in total. The van der Waals surface area contributed by atoms with Crippen LogP contribution in [-0.2, 0) is 10.5 Å². The maximum absolute atomic E-state index is 11.6. The molecule has 3 aromatic rings. The molecule has 1 heterocycles. The monoisotopic (exact) mass is 329 g/mol. The van der Waals surface area contributed by atoms with E-state index in [1.54, 1.807) is 11.8 Å². The maximum Gasteiger partial charge on any atom is 0.340 e. The molecule has 0 bridgehead atoms. The van der Waals surface area contributed by atoms with Crippen LogP contribution < -0.4 is 5.73 Å². The standard InChI is InChI=1S/C17H15NO2S2/c1-20-17(19)15-9-14(22-16(15)18)10-21-13-7-6-11-4-2-3-5-12(11)8-13/h2-9H,10,18H2,1H3. The number of anilines is 1. The van der Waals surface area contributed by atoms with Crippen molar-refractivity contribution in [2.45, 2.75) is 10.6 Å². The predicted octanol–water partition coefficient (Wildman–Crippen LogP) is 4.56. The van der Waals surface area contributed by atoms with Gasteiger partial charge in [0.25, 0.3) is 0 Å². The number of carbonyl (C=O) groups excluding carboxylic acids is 1. The van der Waals surface area contributed by atoms with Gasteiger partial charge in [-0.25, -0.2) is 4.79 Å². The van der Waals surface area contributed by atoms with Gasteiger partial charge >= 0.3 is 5.97 Å². The van der Waals surface area contributed by atoms with Crippen molar-refractivity contribution in [1.82, 2.24) is 0 Å². The summed E-state index contributed by atoms with van der Waals surface area (Å²) in [6, 6.07) is 16.5. The minimum Gasteiger partial charge on any atom is -0.465 e. The highest BCUT2D eigenvalue weighted by Gasteiger charge is 2.14. The van der Waals surface area contributed by atoms with E-state index in [-0.39, 0.29) is 5.97 Å². The normalized spacial score (nSPS) is 10.8. The van der Waals surface area contributed by atoms with Crippen molar-refractivity contribution < 1.29 is 9.53 Å². The number of carbonyl (C=O) groups is 1. The average Bonchev–Trinajstić information content (AvgIpc) is 2.93. The SMILES string of the molecule is COC(=O)c1cc(CSc2ccc3ccccc3c2)sc1N. The van der Waals surface area contributed by atoms with Crippen molar-refractivity contribution >= 4 is 44.8 Å². The Kier molecular flexibility index (Phi) is 4.36. The molecule has 5 heteroatoms. The van der Waals surface area contributed by atoms with Crippen molar-refractivity contribution in [1.29, 1.82) is 0 Å². The van der Waals surface area contributed by atoms with Gasteiger partial charge in [-0.05, 0) is 29.0 Å². The van der Waals surface area contributed by atoms with Crippen LogP contribution in [0.15, 0.2) is 53.4 Å². The van der Waals surface area contributed by atoms with Crippen LogP contribution in [0, 0.1) is 0 Å². The number of esters is 1. The summed E-state index contributed by atoms with van der Waals surface area (Å²) in [5, 5.41) is 2.98. The first-order valence-electron chi connectivity index (χ1n) is 6.75. The molecule has 0 saturated carbocycles. The lowest BCUT2D eigenvalue weighted by molar-refractivity contribution is 0.0602. The number of nitrogen functional groups attached to an aromatic ring is 1. The molecule has 3 nitrogen and oxygen atoms in total. The van der Waals surface area contributed by atoms with Crippen LogP contribution in [0.1, 0.15) is 15.2 Å². The number of hydrogen-bond donors (Lipinski definition) is 1. The second-order valence-electron chi connectivity index (χ2n) is 4.78. The van der Waals surface area contributed by atoms with E-state index in [1.807, 2.05) is 18.2 Å². The molecule has 0 aliphatic heterocycles. The van der Waals surface area contributed by atoms with Crippen LogP contribution >= 0.6 is 23.1 Å². The van der Waals surface area contributed by atoms with Gasteiger partial charge in [-0.15, -0.1) is 23.1 Å². The lowest BCUT2D eigenvalue weighted by Gasteiger charge is -2.02. The Bertz CT molecular complexity index is 826. The zero-order chi connectivity index (χ0) is 15.5. The Balaban J connectivity index is 1.75. The van der Waals surface area contributed by atoms with Gasteiger partial charge in [0.1, 0.15) is 5.00 Å². The van der Waals surface area contributed by atoms with E-state index >= 15 is 0 Å². The van der Waals surface area contributed by atoms with Crippen molar-refractivity contribution in [2.24, 2.45) is 0 Å². The molecule has 112 valence electrons. The lowest BCUT2D eigenvalue weighted by Crippen LogP contribution is -2.01. The van der Waals surface area contributed by atoms with Crippen molar-refractivity contribution in [3.05, 3.63) is 59.0 Å². The first-order chi connectivity index (χ1) is 10.7. The second-order valence-corrected chi connectivity index (χ2v) is 7.00. The molecule has 1 aromatic heterocycles. The van der Waals surface area contributed by atoms with Crippen LogP contribution in [0.25, 0.3) is 10.8 Å². The number of ether oxygens (including phenoxy) is 1. The third-order valence-corrected chi connectivity index (χ3v) is 5.51. The van der Waals surface area contributed by atoms with Crippen LogP contribution in [0.2, 0.25) is 0 Å². The summed E-state index contributed by atoms with van der Waals surface area (Å²) in [5.41, 5.74) is 6.33. The van der Waals surface area contributed by atoms with Gasteiger partial charge in [-0.1, -0.05) is 30.3 Å². The Labute approximate surface area is 137 Å². The summed E-state index contributed by atoms with van der Waals surface area (Å²) in [4.78, 5) is 13.8. The van der Waals surface area contributed by atoms with Gasteiger partial charge < -0.3 is 10.5 Å². The molecule has 0 aliphatic carbocycles. The summed E-state index contributed by atoms with van der Waals surface area (Å²) in [5.74, 6) is 0.403. The molecule has 0 amide bonds. The van der Waals surface area contributed by atoms with E-state index in [0.29, 0.717) is 10.6 Å². The molecule has 0 fully saturated rings. The van der Waals surface area contributed by atoms with Gasteiger partial charge in [0, 0.05) is 15.5 Å². The Morgan fingerprint density at radius 2 is 1.95 bits per heavy atom. The highest BCUT2D eigenvalue weighted by molar-refractivity contribution is 7.98. The van der Waals surface area contributed by atoms with Gasteiger partial charge in [-0.2, -0.15) is 0 Å². The topological polar surface area (TPSA) is 52.3 Å². The Morgan fingerprint density at radius 3 is 2.73 bits per heavy atom. The summed E-state index contributed by atoms with van der Waals surface area (Å²) in [6.07, 6.45) is 0. The number of thioether (sulfide) groups is 1. The fraction of sp³-hybridized carbons (Fsp3) is 0.118. The summed E-state index contributed by atoms with van der Waals surface area (Å²) >= 11 is 3.17. The molecular weight excluding hydrogens is 314 g/mol. The molecule has 0 spiro atoms. The van der Waals surface area contributed by atoms with Gasteiger partial charge in [-0.3, -0.25) is 0 Å². The fourth-order valence-corrected chi connectivity index (χ4v) is 4.10. The number of methoxy groups -OCH3 is 1. The smallest absolute Gasteiger partial charge is 0.340 e. The zero-order valence-electron chi connectivity index (χ0n) is 12.0. The minimum atomic E-state index is -0.379. The molecule has 0 unspecified atom stereocenters. The van der Waals surface area contributed by atoms with E-state index in [9.17, 15) is 4.79 Å². The molecule has 0 atom stereocenters. The largest absolute Gasteiger partial charge is 0.465 e. The van der Waals surface area contributed by atoms with Crippen LogP contribution in [0.4, 0.5) is 5.00 Å². The minimum absolute atomic E-state index is 0.379. The number of hydrogen-bond acceptors (Lipinski definition) is 5. The molecule has 0 radical (unpaired) electrons. The number of fused-ring (bicyclic) bond motifs is 1. The van der Waals surface area contributed by atoms with Gasteiger partial charge in [0.15, 0.2) is 0 Å². The van der Waals surface area contributed by atoms with E-state index in [1.165, 1.54) is 34.1 Å². The van der Waals surface area contributed by atoms with E-state index in [2.05, 4.69) is 30.3 Å². The summed E-state index contributed by atoms with van der Waals surface area (Å²) in [7, 11) is 1.36. The molecule has 22 heavy (non-hydrogen) atoms. The zero-order valence-corrected chi connectivity index (χ0v) is 13.7. The highest BCUT2D eigenvalue weighted by atomic mass is 32.2. The second kappa shape index (κ2) is 6.42. The fourth-order valence-electron chi connectivity index (χ4n) is 2.21. The number of thiophene rings is 1. The third kappa shape index (κ3) is 3.10. The van der Waals surface area contributed by atoms with Crippen molar-refractivity contribution in [3.8, 4) is 0 Å². The quantitative estimate of drug-likeness (QED) is 0.563.